The van der Waals surface area contributed by atoms with Gasteiger partial charge in [-0.1, -0.05) is 0 Å². The summed E-state index contributed by atoms with van der Waals surface area (Å²) in [5, 5.41) is 16.4. The van der Waals surface area contributed by atoms with E-state index in [9.17, 15) is 9.90 Å². The first kappa shape index (κ1) is 15.7. The van der Waals surface area contributed by atoms with Crippen LogP contribution in [-0.4, -0.2) is 85.8 Å². The highest BCUT2D eigenvalue weighted by Gasteiger charge is 2.29. The van der Waals surface area contributed by atoms with Crippen LogP contribution in [0.4, 0.5) is 0 Å². The van der Waals surface area contributed by atoms with Crippen LogP contribution in [0.2, 0.25) is 0 Å². The van der Waals surface area contributed by atoms with E-state index in [1.807, 2.05) is 0 Å². The molecular formula is C14H28N4O2. The molecule has 0 bridgehead atoms. The molecular weight excluding hydrogens is 256 g/mol. The largest absolute Gasteiger partial charge is 0.387 e. The number of nitrogens with zero attached hydrogens (tertiary/aromatic N) is 2. The Bertz CT molecular complexity index is 318. The number of carbonyl (C=O) groups excluding carboxylic acids is 1. The number of likely N-dealkylation sites (N-methyl/N-ethyl adjacent to an activating group) is 1. The summed E-state index contributed by atoms with van der Waals surface area (Å²) in [4.78, 5) is 16.5. The first-order valence-electron chi connectivity index (χ1n) is 7.68. The lowest BCUT2D eigenvalue weighted by atomic mass is 9.94. The number of aliphatic hydroxyl groups is 1. The van der Waals surface area contributed by atoms with Crippen LogP contribution in [0.15, 0.2) is 0 Å². The Morgan fingerprint density at radius 1 is 1.30 bits per heavy atom. The van der Waals surface area contributed by atoms with Crippen LogP contribution in [-0.2, 0) is 4.79 Å². The zero-order valence-corrected chi connectivity index (χ0v) is 12.5. The highest BCUT2D eigenvalue weighted by Crippen LogP contribution is 2.14. The molecule has 0 aromatic rings. The molecule has 116 valence electrons. The van der Waals surface area contributed by atoms with Gasteiger partial charge in [-0.2, -0.15) is 0 Å². The van der Waals surface area contributed by atoms with Crippen LogP contribution in [0.3, 0.4) is 0 Å². The van der Waals surface area contributed by atoms with Crippen molar-refractivity contribution < 1.29 is 9.90 Å². The fourth-order valence-corrected chi connectivity index (χ4v) is 2.88. The average Bonchev–Trinajstić information content (AvgIpc) is 2.63. The first-order valence-corrected chi connectivity index (χ1v) is 7.68. The summed E-state index contributed by atoms with van der Waals surface area (Å²) in [5.41, 5.74) is -0.771. The van der Waals surface area contributed by atoms with Crippen molar-refractivity contribution in [2.45, 2.75) is 24.9 Å². The molecule has 6 heteroatoms. The molecule has 0 spiro atoms. The van der Waals surface area contributed by atoms with Crippen molar-refractivity contribution in [2.24, 2.45) is 0 Å². The summed E-state index contributed by atoms with van der Waals surface area (Å²) in [6.07, 6.45) is 2.83. The molecule has 0 aliphatic carbocycles. The number of piperidine rings is 1. The number of β-amino-alcohol motifs (C(OH)–C–C–N with tert-alkyl or cyclic N) is 1. The Labute approximate surface area is 121 Å². The van der Waals surface area contributed by atoms with Crippen LogP contribution in [0, 0.1) is 0 Å². The molecule has 1 atom stereocenters. The molecule has 1 amide bonds. The predicted molar refractivity (Wildman–Crippen MR) is 78.6 cm³/mol. The Kier molecular flexibility index (Phi) is 5.77. The van der Waals surface area contributed by atoms with Crippen molar-refractivity contribution >= 4 is 5.91 Å². The number of amides is 1. The van der Waals surface area contributed by atoms with Gasteiger partial charge in [-0.15, -0.1) is 0 Å². The first-order chi connectivity index (χ1) is 9.57. The summed E-state index contributed by atoms with van der Waals surface area (Å²) in [6.45, 7) is 6.35. The smallest absolute Gasteiger partial charge is 0.234 e. The quantitative estimate of drug-likeness (QED) is 0.609. The van der Waals surface area contributed by atoms with Gasteiger partial charge in [0, 0.05) is 26.2 Å². The Morgan fingerprint density at radius 2 is 2.15 bits per heavy atom. The number of hydrogen-bond acceptors (Lipinski definition) is 5. The van der Waals surface area contributed by atoms with E-state index in [4.69, 9.17) is 0 Å². The second-order valence-corrected chi connectivity index (χ2v) is 6.21. The maximum Gasteiger partial charge on any atom is 0.234 e. The van der Waals surface area contributed by atoms with Crippen molar-refractivity contribution in [3.63, 3.8) is 0 Å². The molecule has 3 N–H and O–H groups in total. The molecule has 0 aromatic carbocycles. The molecule has 0 unspecified atom stereocenters. The fourth-order valence-electron chi connectivity index (χ4n) is 2.88. The van der Waals surface area contributed by atoms with Gasteiger partial charge in [0.1, 0.15) is 0 Å². The standard InChI is InChI=1S/C14H28N4O2/c1-17-6-3-7-18(9-8-17)10-13(19)16-12-14(20)4-2-5-15-11-14/h15,20H,2-12H2,1H3,(H,16,19)/t14-/m0/s1. The van der Waals surface area contributed by atoms with E-state index in [1.165, 1.54) is 0 Å². The average molecular weight is 284 g/mol. The van der Waals surface area contributed by atoms with E-state index < -0.39 is 5.60 Å². The molecule has 2 fully saturated rings. The van der Waals surface area contributed by atoms with Crippen LogP contribution >= 0.6 is 0 Å². The molecule has 0 radical (unpaired) electrons. The molecule has 2 aliphatic heterocycles. The van der Waals surface area contributed by atoms with Gasteiger partial charge >= 0.3 is 0 Å². The summed E-state index contributed by atoms with van der Waals surface area (Å²) >= 11 is 0. The molecule has 2 saturated heterocycles. The van der Waals surface area contributed by atoms with Gasteiger partial charge in [0.05, 0.1) is 12.1 Å². The molecule has 2 aliphatic rings. The van der Waals surface area contributed by atoms with Crippen LogP contribution < -0.4 is 10.6 Å². The molecule has 0 aromatic heterocycles. The second-order valence-electron chi connectivity index (χ2n) is 6.21. The Hall–Kier alpha value is -0.690. The van der Waals surface area contributed by atoms with E-state index in [-0.39, 0.29) is 5.91 Å². The van der Waals surface area contributed by atoms with Gasteiger partial charge in [-0.25, -0.2) is 0 Å². The van der Waals surface area contributed by atoms with Crippen molar-refractivity contribution in [1.29, 1.82) is 0 Å². The van der Waals surface area contributed by atoms with Gasteiger partial charge in [-0.3, -0.25) is 9.69 Å². The Balaban J connectivity index is 1.69. The lowest BCUT2D eigenvalue weighted by Crippen LogP contribution is -2.53. The van der Waals surface area contributed by atoms with Crippen molar-refractivity contribution in [1.82, 2.24) is 20.4 Å². The monoisotopic (exact) mass is 284 g/mol. The minimum absolute atomic E-state index is 0.0218. The lowest BCUT2D eigenvalue weighted by molar-refractivity contribution is -0.123. The third-order valence-electron chi connectivity index (χ3n) is 4.24. The van der Waals surface area contributed by atoms with Gasteiger partial charge < -0.3 is 20.6 Å². The molecule has 2 heterocycles. The topological polar surface area (TPSA) is 67.8 Å². The molecule has 0 saturated carbocycles. The number of hydrogen-bond donors (Lipinski definition) is 3. The van der Waals surface area contributed by atoms with Crippen molar-refractivity contribution in [3.05, 3.63) is 0 Å². The van der Waals surface area contributed by atoms with E-state index in [0.29, 0.717) is 19.6 Å². The van der Waals surface area contributed by atoms with Crippen LogP contribution in [0.5, 0.6) is 0 Å². The van der Waals surface area contributed by atoms with Gasteiger partial charge in [0.2, 0.25) is 5.91 Å². The molecule has 2 rings (SSSR count). The zero-order chi connectivity index (χ0) is 14.4. The van der Waals surface area contributed by atoms with E-state index >= 15 is 0 Å². The van der Waals surface area contributed by atoms with Gasteiger partial charge in [0.25, 0.3) is 0 Å². The van der Waals surface area contributed by atoms with Gasteiger partial charge in [-0.05, 0) is 45.9 Å². The minimum Gasteiger partial charge on any atom is -0.387 e. The Morgan fingerprint density at radius 3 is 2.90 bits per heavy atom. The normalized spacial score (nSPS) is 29.9. The SMILES string of the molecule is CN1CCCN(CC(=O)NC[C@]2(O)CCCNC2)CC1. The predicted octanol–water partition coefficient (Wildman–Crippen LogP) is -1.15. The maximum atomic E-state index is 12.0. The summed E-state index contributed by atoms with van der Waals surface area (Å²) in [7, 11) is 2.12. The molecule has 6 nitrogen and oxygen atoms in total. The van der Waals surface area contributed by atoms with Crippen molar-refractivity contribution in [3.8, 4) is 0 Å². The van der Waals surface area contributed by atoms with E-state index in [0.717, 1.165) is 52.0 Å². The molecule has 20 heavy (non-hydrogen) atoms. The number of carbonyl (C=O) groups is 1. The summed E-state index contributed by atoms with van der Waals surface area (Å²) in [5.74, 6) is 0.0218. The van der Waals surface area contributed by atoms with E-state index in [2.05, 4.69) is 27.5 Å². The second kappa shape index (κ2) is 7.36. The summed E-state index contributed by atoms with van der Waals surface area (Å²) in [6, 6.07) is 0. The van der Waals surface area contributed by atoms with E-state index in [1.54, 1.807) is 0 Å². The maximum absolute atomic E-state index is 12.0. The zero-order valence-electron chi connectivity index (χ0n) is 12.5. The third-order valence-corrected chi connectivity index (χ3v) is 4.24. The van der Waals surface area contributed by atoms with Crippen LogP contribution in [0.1, 0.15) is 19.3 Å². The summed E-state index contributed by atoms with van der Waals surface area (Å²) < 4.78 is 0. The number of rotatable bonds is 4. The fraction of sp³-hybridized carbons (Fsp3) is 0.929. The number of nitrogens with one attached hydrogen (secondary N) is 2. The minimum atomic E-state index is -0.771. The van der Waals surface area contributed by atoms with Crippen molar-refractivity contribution in [2.75, 3.05) is 59.4 Å². The highest BCUT2D eigenvalue weighted by atomic mass is 16.3. The third kappa shape index (κ3) is 5.01. The van der Waals surface area contributed by atoms with Gasteiger partial charge in [0.15, 0.2) is 0 Å². The van der Waals surface area contributed by atoms with Crippen LogP contribution in [0.25, 0.3) is 0 Å². The lowest BCUT2D eigenvalue weighted by Gasteiger charge is -2.33. The highest BCUT2D eigenvalue weighted by molar-refractivity contribution is 5.78.